The van der Waals surface area contributed by atoms with E-state index in [0.29, 0.717) is 0 Å². The third-order valence-corrected chi connectivity index (χ3v) is 4.25. The molecule has 0 radical (unpaired) electrons. The standard InChI is InChI=1S/C12H24N2S/c1-4-8-12(13-2)14(3)15-11-9-6-5-7-10-11/h11H,4-10H2,1-3H3. The van der Waals surface area contributed by atoms with Gasteiger partial charge in [-0.15, -0.1) is 0 Å². The lowest BCUT2D eigenvalue weighted by Crippen LogP contribution is -2.24. The van der Waals surface area contributed by atoms with Gasteiger partial charge in [0.25, 0.3) is 0 Å². The molecule has 3 heteroatoms. The molecule has 0 aromatic carbocycles. The Balaban J connectivity index is 2.35. The number of aliphatic imine (C=N–C) groups is 1. The van der Waals surface area contributed by atoms with Crippen LogP contribution in [0.25, 0.3) is 0 Å². The fourth-order valence-corrected chi connectivity index (χ4v) is 3.37. The second kappa shape index (κ2) is 7.15. The molecule has 0 N–H and O–H groups in total. The van der Waals surface area contributed by atoms with Crippen molar-refractivity contribution in [2.24, 2.45) is 4.99 Å². The summed E-state index contributed by atoms with van der Waals surface area (Å²) in [6.45, 7) is 2.21. The first-order chi connectivity index (χ1) is 7.27. The van der Waals surface area contributed by atoms with Crippen molar-refractivity contribution in [3.63, 3.8) is 0 Å². The normalized spacial score (nSPS) is 19.3. The molecular formula is C12H24N2S. The predicted molar refractivity (Wildman–Crippen MR) is 70.5 cm³/mol. The van der Waals surface area contributed by atoms with Gasteiger partial charge in [-0.3, -0.25) is 4.99 Å². The Morgan fingerprint density at radius 2 is 2.00 bits per heavy atom. The second-order valence-electron chi connectivity index (χ2n) is 4.25. The van der Waals surface area contributed by atoms with Crippen LogP contribution in [0.1, 0.15) is 51.9 Å². The van der Waals surface area contributed by atoms with Crippen LogP contribution in [0.5, 0.6) is 0 Å². The van der Waals surface area contributed by atoms with Crippen molar-refractivity contribution in [1.29, 1.82) is 0 Å². The molecule has 88 valence electrons. The molecule has 0 amide bonds. The van der Waals surface area contributed by atoms with E-state index in [-0.39, 0.29) is 0 Å². The van der Waals surface area contributed by atoms with Crippen molar-refractivity contribution in [2.45, 2.75) is 57.1 Å². The maximum atomic E-state index is 4.36. The van der Waals surface area contributed by atoms with Crippen molar-refractivity contribution in [1.82, 2.24) is 4.31 Å². The van der Waals surface area contributed by atoms with E-state index in [1.165, 1.54) is 44.4 Å². The van der Waals surface area contributed by atoms with Gasteiger partial charge in [-0.2, -0.15) is 0 Å². The SMILES string of the molecule is CCCC(=NC)N(C)SC1CCCCC1. The summed E-state index contributed by atoms with van der Waals surface area (Å²) < 4.78 is 2.29. The van der Waals surface area contributed by atoms with Crippen LogP contribution >= 0.6 is 11.9 Å². The molecule has 1 rings (SSSR count). The lowest BCUT2D eigenvalue weighted by Gasteiger charge is -2.27. The van der Waals surface area contributed by atoms with Gasteiger partial charge in [0.15, 0.2) is 0 Å². The highest BCUT2D eigenvalue weighted by Gasteiger charge is 2.17. The highest BCUT2D eigenvalue weighted by atomic mass is 32.2. The maximum Gasteiger partial charge on any atom is 0.108 e. The first-order valence-corrected chi connectivity index (χ1v) is 6.97. The van der Waals surface area contributed by atoms with Gasteiger partial charge in [-0.25, -0.2) is 0 Å². The molecule has 0 aliphatic heterocycles. The zero-order chi connectivity index (χ0) is 11.1. The summed E-state index contributed by atoms with van der Waals surface area (Å²) in [6, 6.07) is 0. The van der Waals surface area contributed by atoms with Crippen LogP contribution < -0.4 is 0 Å². The van der Waals surface area contributed by atoms with Crippen molar-refractivity contribution < 1.29 is 0 Å². The average molecular weight is 228 g/mol. The topological polar surface area (TPSA) is 15.6 Å². The highest BCUT2D eigenvalue weighted by molar-refractivity contribution is 7.98. The van der Waals surface area contributed by atoms with E-state index in [2.05, 4.69) is 23.3 Å². The molecular weight excluding hydrogens is 204 g/mol. The molecule has 1 saturated carbocycles. The van der Waals surface area contributed by atoms with E-state index >= 15 is 0 Å². The lowest BCUT2D eigenvalue weighted by molar-refractivity contribution is 0.511. The first-order valence-electron chi connectivity index (χ1n) is 6.14. The molecule has 0 heterocycles. The van der Waals surface area contributed by atoms with Crippen molar-refractivity contribution >= 4 is 17.8 Å². The largest absolute Gasteiger partial charge is 0.307 e. The van der Waals surface area contributed by atoms with Crippen LogP contribution in [0, 0.1) is 0 Å². The molecule has 0 saturated heterocycles. The molecule has 0 atom stereocenters. The van der Waals surface area contributed by atoms with Crippen LogP contribution in [0.4, 0.5) is 0 Å². The van der Waals surface area contributed by atoms with Crippen molar-refractivity contribution in [2.75, 3.05) is 14.1 Å². The van der Waals surface area contributed by atoms with E-state index in [0.717, 1.165) is 11.7 Å². The molecule has 0 unspecified atom stereocenters. The summed E-state index contributed by atoms with van der Waals surface area (Å²) in [5, 5.41) is 0.831. The summed E-state index contributed by atoms with van der Waals surface area (Å²) in [4.78, 5) is 4.36. The van der Waals surface area contributed by atoms with Crippen molar-refractivity contribution in [3.8, 4) is 0 Å². The third kappa shape index (κ3) is 4.45. The van der Waals surface area contributed by atoms with Crippen molar-refractivity contribution in [3.05, 3.63) is 0 Å². The number of amidine groups is 1. The Labute approximate surface area is 98.7 Å². The molecule has 0 aromatic heterocycles. The molecule has 0 aromatic rings. The summed E-state index contributed by atoms with van der Waals surface area (Å²) in [6.07, 6.45) is 9.32. The predicted octanol–water partition coefficient (Wildman–Crippen LogP) is 3.73. The Bertz CT molecular complexity index is 198. The number of hydrogen-bond donors (Lipinski definition) is 0. The van der Waals surface area contributed by atoms with Gasteiger partial charge in [-0.05, 0) is 31.2 Å². The highest BCUT2D eigenvalue weighted by Crippen LogP contribution is 2.30. The molecule has 1 aliphatic carbocycles. The first kappa shape index (κ1) is 12.9. The molecule has 1 fully saturated rings. The van der Waals surface area contributed by atoms with Crippen LogP contribution in [-0.2, 0) is 0 Å². The van der Waals surface area contributed by atoms with Gasteiger partial charge in [0.1, 0.15) is 5.84 Å². The zero-order valence-corrected chi connectivity index (χ0v) is 11.1. The molecule has 1 aliphatic rings. The monoisotopic (exact) mass is 228 g/mol. The minimum absolute atomic E-state index is 0.831. The van der Waals surface area contributed by atoms with Gasteiger partial charge in [0.05, 0.1) is 0 Å². The molecule has 0 spiro atoms. The van der Waals surface area contributed by atoms with Crippen LogP contribution in [0.2, 0.25) is 0 Å². The summed E-state index contributed by atoms with van der Waals surface area (Å²) >= 11 is 2.00. The maximum absolute atomic E-state index is 4.36. The van der Waals surface area contributed by atoms with Gasteiger partial charge in [0.2, 0.25) is 0 Å². The quantitative estimate of drug-likeness (QED) is 0.414. The lowest BCUT2D eigenvalue weighted by atomic mass is 10.0. The van der Waals surface area contributed by atoms with Gasteiger partial charge in [0, 0.05) is 25.8 Å². The second-order valence-corrected chi connectivity index (χ2v) is 5.68. The molecule has 2 nitrogen and oxygen atoms in total. The van der Waals surface area contributed by atoms with E-state index in [1.807, 2.05) is 19.0 Å². The summed E-state index contributed by atoms with van der Waals surface area (Å²) in [5.74, 6) is 1.24. The molecule has 15 heavy (non-hydrogen) atoms. The van der Waals surface area contributed by atoms with E-state index in [1.54, 1.807) is 0 Å². The van der Waals surface area contributed by atoms with Crippen LogP contribution in [-0.4, -0.2) is 29.5 Å². The summed E-state index contributed by atoms with van der Waals surface area (Å²) in [7, 11) is 4.07. The molecule has 0 bridgehead atoms. The van der Waals surface area contributed by atoms with Crippen LogP contribution in [0.15, 0.2) is 4.99 Å². The Morgan fingerprint density at radius 3 is 2.53 bits per heavy atom. The smallest absolute Gasteiger partial charge is 0.108 e. The summed E-state index contributed by atoms with van der Waals surface area (Å²) in [5.41, 5.74) is 0. The van der Waals surface area contributed by atoms with Gasteiger partial charge in [-0.1, -0.05) is 26.2 Å². The fourth-order valence-electron chi connectivity index (χ4n) is 2.09. The van der Waals surface area contributed by atoms with E-state index < -0.39 is 0 Å². The third-order valence-electron chi connectivity index (χ3n) is 2.95. The fraction of sp³-hybridized carbons (Fsp3) is 0.917. The Hall–Kier alpha value is -0.180. The minimum Gasteiger partial charge on any atom is -0.307 e. The zero-order valence-electron chi connectivity index (χ0n) is 10.3. The van der Waals surface area contributed by atoms with Gasteiger partial charge >= 0.3 is 0 Å². The number of hydrogen-bond acceptors (Lipinski definition) is 2. The average Bonchev–Trinajstić information content (AvgIpc) is 2.27. The number of rotatable bonds is 4. The van der Waals surface area contributed by atoms with Gasteiger partial charge < -0.3 is 4.31 Å². The van der Waals surface area contributed by atoms with E-state index in [9.17, 15) is 0 Å². The van der Waals surface area contributed by atoms with Crippen LogP contribution in [0.3, 0.4) is 0 Å². The Kier molecular flexibility index (Phi) is 6.15. The number of nitrogens with zero attached hydrogens (tertiary/aromatic N) is 2. The van der Waals surface area contributed by atoms with E-state index in [4.69, 9.17) is 0 Å². The Morgan fingerprint density at radius 1 is 1.33 bits per heavy atom. The minimum atomic E-state index is 0.831.